The molecule has 0 aromatic rings. The van der Waals surface area contributed by atoms with Crippen molar-refractivity contribution in [1.29, 1.82) is 0 Å². The Kier molecular flexibility index (Phi) is 4.18. The van der Waals surface area contributed by atoms with Crippen LogP contribution in [0.3, 0.4) is 0 Å². The van der Waals surface area contributed by atoms with Crippen LogP contribution in [0.4, 0.5) is 0 Å². The number of sulfone groups is 1. The first-order valence-electron chi connectivity index (χ1n) is 6.49. The van der Waals surface area contributed by atoms with Gasteiger partial charge in [0.25, 0.3) is 0 Å². The fourth-order valence-electron chi connectivity index (χ4n) is 2.71. The smallest absolute Gasteiger partial charge is 0.216 e. The highest BCUT2D eigenvalue weighted by Crippen LogP contribution is 2.25. The van der Waals surface area contributed by atoms with Gasteiger partial charge in [-0.05, 0) is 25.6 Å². The largest absolute Gasteiger partial charge is 0.356 e. The fourth-order valence-corrected chi connectivity index (χ4v) is 7.00. The molecule has 0 amide bonds. The quantitative estimate of drug-likeness (QED) is 0.545. The maximum absolute atomic E-state index is 11.6. The zero-order chi connectivity index (χ0) is 15.2. The number of rotatable bonds is 2. The fraction of sp³-hybridized carbons (Fsp3) is 0.909. The predicted molar refractivity (Wildman–Crippen MR) is 84.0 cm³/mol. The second kappa shape index (κ2) is 5.19. The third kappa shape index (κ3) is 3.69. The molecule has 0 bridgehead atoms. The van der Waals surface area contributed by atoms with Gasteiger partial charge < -0.3 is 10.2 Å². The van der Waals surface area contributed by atoms with Crippen LogP contribution in [-0.2, 0) is 24.3 Å². The summed E-state index contributed by atoms with van der Waals surface area (Å²) in [6.07, 6.45) is 1.16. The summed E-state index contributed by atoms with van der Waals surface area (Å²) >= 11 is 5.32. The minimum absolute atomic E-state index is 0.0610. The van der Waals surface area contributed by atoms with Crippen molar-refractivity contribution >= 4 is 37.4 Å². The van der Waals surface area contributed by atoms with Gasteiger partial charge in [0.05, 0.1) is 23.1 Å². The molecule has 2 heterocycles. The first-order valence-corrected chi connectivity index (χ1v) is 10.6. The van der Waals surface area contributed by atoms with Crippen LogP contribution >= 0.6 is 12.2 Å². The van der Waals surface area contributed by atoms with Crippen molar-refractivity contribution in [1.82, 2.24) is 10.2 Å². The average molecular weight is 342 g/mol. The van der Waals surface area contributed by atoms with E-state index in [-0.39, 0.29) is 23.3 Å². The van der Waals surface area contributed by atoms with E-state index < -0.39 is 25.6 Å². The second-order valence-corrected chi connectivity index (χ2v) is 10.9. The number of nitrogens with one attached hydrogen (secondary N) is 1. The Morgan fingerprint density at radius 3 is 2.65 bits per heavy atom. The van der Waals surface area contributed by atoms with E-state index in [1.807, 2.05) is 6.92 Å². The Morgan fingerprint density at radius 2 is 2.20 bits per heavy atom. The number of nitrogens with zero attached hydrogens (tertiary/aromatic N) is 1. The van der Waals surface area contributed by atoms with Gasteiger partial charge in [0, 0.05) is 13.5 Å². The van der Waals surface area contributed by atoms with Crippen molar-refractivity contribution < 1.29 is 17.2 Å². The zero-order valence-electron chi connectivity index (χ0n) is 11.7. The van der Waals surface area contributed by atoms with E-state index in [1.54, 1.807) is 11.9 Å². The van der Waals surface area contributed by atoms with E-state index in [4.69, 9.17) is 12.2 Å². The van der Waals surface area contributed by atoms with Crippen LogP contribution < -0.4 is 5.32 Å². The minimum atomic E-state index is -2.99. The topological polar surface area (TPSA) is 86.7 Å². The summed E-state index contributed by atoms with van der Waals surface area (Å²) in [4.78, 5) is 1.79. The lowest BCUT2D eigenvalue weighted by Gasteiger charge is -2.32. The third-order valence-corrected chi connectivity index (χ3v) is 8.08. The highest BCUT2D eigenvalue weighted by molar-refractivity contribution is 7.98. The molecule has 6 nitrogen and oxygen atoms in total. The lowest BCUT2D eigenvalue weighted by molar-refractivity contribution is 0.364. The Labute approximate surface area is 126 Å². The first-order chi connectivity index (χ1) is 9.02. The summed E-state index contributed by atoms with van der Waals surface area (Å²) in [5.74, 6) is 0.780. The molecule has 0 saturated carbocycles. The van der Waals surface area contributed by atoms with E-state index in [0.717, 1.165) is 0 Å². The van der Waals surface area contributed by atoms with Crippen LogP contribution in [-0.4, -0.2) is 64.6 Å². The molecule has 0 aromatic heterocycles. The molecule has 2 fully saturated rings. The number of hydrogen-bond acceptors (Lipinski definition) is 4. The van der Waals surface area contributed by atoms with Crippen LogP contribution in [0.1, 0.15) is 19.8 Å². The Morgan fingerprint density at radius 1 is 1.55 bits per heavy atom. The maximum Gasteiger partial charge on any atom is 0.216 e. The molecular weight excluding hydrogens is 320 g/mol. The van der Waals surface area contributed by atoms with Gasteiger partial charge in [0.2, 0.25) is 10.2 Å². The average Bonchev–Trinajstić information content (AvgIpc) is 2.77. The van der Waals surface area contributed by atoms with E-state index in [9.17, 15) is 17.2 Å². The van der Waals surface area contributed by atoms with Gasteiger partial charge in [-0.3, -0.25) is 0 Å². The summed E-state index contributed by atoms with van der Waals surface area (Å²) in [6.45, 7) is 1.85. The summed E-state index contributed by atoms with van der Waals surface area (Å²) in [5.41, 5.74) is -0.538. The Bertz CT molecular complexity index is 562. The molecule has 2 aliphatic heterocycles. The predicted octanol–water partition coefficient (Wildman–Crippen LogP) is 0.115. The molecule has 3 atom stereocenters. The number of thiocarbonyl (C=S) groups is 1. The van der Waals surface area contributed by atoms with Gasteiger partial charge in [0.15, 0.2) is 20.7 Å². The van der Waals surface area contributed by atoms with E-state index in [1.165, 1.54) is 0 Å². The first kappa shape index (κ1) is 16.1. The lowest BCUT2D eigenvalue weighted by atomic mass is 10.0. The normalized spacial score (nSPS) is 39.6. The Balaban J connectivity index is 1.97. The molecule has 0 radical (unpaired) electrons. The summed E-state index contributed by atoms with van der Waals surface area (Å²) in [6, 6.07) is -0.0610. The summed E-state index contributed by atoms with van der Waals surface area (Å²) in [5, 5.41) is 3.57. The van der Waals surface area contributed by atoms with E-state index in [2.05, 4.69) is 5.32 Å². The highest BCUT2D eigenvalue weighted by atomic mass is 32.3. The van der Waals surface area contributed by atoms with Crippen molar-refractivity contribution in [3.8, 4) is 0 Å². The molecule has 20 heavy (non-hydrogen) atoms. The van der Waals surface area contributed by atoms with Gasteiger partial charge in [0.1, 0.15) is 5.75 Å². The highest BCUT2D eigenvalue weighted by Gasteiger charge is 2.43. The minimum Gasteiger partial charge on any atom is -0.356 e. The zero-order valence-corrected chi connectivity index (χ0v) is 14.1. The second-order valence-electron chi connectivity index (χ2n) is 6.03. The number of hydrogen-bond donors (Lipinski definition) is 2. The van der Waals surface area contributed by atoms with Crippen LogP contribution in [0.5, 0.6) is 0 Å². The maximum atomic E-state index is 11.6. The van der Waals surface area contributed by atoms with Crippen molar-refractivity contribution in [2.75, 3.05) is 30.1 Å². The van der Waals surface area contributed by atoms with Gasteiger partial charge in [-0.2, -0.15) is 4.55 Å². The van der Waals surface area contributed by atoms with Crippen LogP contribution in [0.2, 0.25) is 0 Å². The molecule has 2 N–H and O–H groups in total. The summed E-state index contributed by atoms with van der Waals surface area (Å²) < 4.78 is 44.3. The SMILES string of the molecule is CN(C(=S)N[C@]1(C)CCS(=O)(=O)C1)[C@@H]1CC[S+](=O)(O)C1. The van der Waals surface area contributed by atoms with Gasteiger partial charge in [-0.25, -0.2) is 8.42 Å². The van der Waals surface area contributed by atoms with Crippen LogP contribution in [0.25, 0.3) is 0 Å². The van der Waals surface area contributed by atoms with E-state index in [0.29, 0.717) is 23.7 Å². The van der Waals surface area contributed by atoms with Crippen LogP contribution in [0, 0.1) is 0 Å². The third-order valence-electron chi connectivity index (χ3n) is 4.00. The molecule has 2 rings (SSSR count). The molecule has 2 aliphatic rings. The van der Waals surface area contributed by atoms with Crippen molar-refractivity contribution in [2.45, 2.75) is 31.3 Å². The molecule has 1 unspecified atom stereocenters. The molecule has 116 valence electrons. The molecule has 9 heteroatoms. The molecular formula is C11H21N2O4S3+. The van der Waals surface area contributed by atoms with Crippen LogP contribution in [0.15, 0.2) is 0 Å². The van der Waals surface area contributed by atoms with Crippen molar-refractivity contribution in [3.05, 3.63) is 0 Å². The van der Waals surface area contributed by atoms with Gasteiger partial charge >= 0.3 is 0 Å². The molecule has 0 spiro atoms. The van der Waals surface area contributed by atoms with Crippen molar-refractivity contribution in [2.24, 2.45) is 0 Å². The standard InChI is InChI=1S/C11H20N2O4S3/c1-11(4-6-20(16,17)8-11)12-10(18)13(2)9-3-5-19(14,15)7-9/h9H,3-8H2,1-2H3,(H-,12,14,15,18)/p+1/t9-,11-/m1/s1. The monoisotopic (exact) mass is 341 g/mol. The van der Waals surface area contributed by atoms with E-state index >= 15 is 0 Å². The molecule has 2 saturated heterocycles. The van der Waals surface area contributed by atoms with Crippen molar-refractivity contribution in [3.63, 3.8) is 0 Å². The molecule has 0 aliphatic carbocycles. The lowest BCUT2D eigenvalue weighted by Crippen LogP contribution is -2.53. The summed E-state index contributed by atoms with van der Waals surface area (Å²) in [7, 11) is -3.91. The van der Waals surface area contributed by atoms with Gasteiger partial charge in [-0.1, -0.05) is 4.21 Å². The molecule has 0 aromatic carbocycles. The van der Waals surface area contributed by atoms with Gasteiger partial charge in [-0.15, -0.1) is 0 Å². The Hall–Kier alpha value is -0.250.